The zero-order valence-corrected chi connectivity index (χ0v) is 14.7. The molecule has 0 saturated heterocycles. The van der Waals surface area contributed by atoms with Crippen LogP contribution in [0.4, 0.5) is 4.79 Å². The van der Waals surface area contributed by atoms with Crippen LogP contribution in [0.1, 0.15) is 5.56 Å². The Morgan fingerprint density at radius 3 is 2.50 bits per heavy atom. The van der Waals surface area contributed by atoms with E-state index in [0.717, 1.165) is 25.9 Å². The molecule has 1 aliphatic heterocycles. The summed E-state index contributed by atoms with van der Waals surface area (Å²) in [7, 11) is 0. The standard InChI is InChI=1S/C13H12N4OS4/c18-11-15-14-10(7-19-11)8-21-13-17-16-12(22-13)20-6-9-4-2-1-3-5-9/h1-5H,6-8H2,(H,15,18). The predicted octanol–water partition coefficient (Wildman–Crippen LogP) is 3.73. The second-order valence-corrected chi connectivity index (χ2v) is 8.63. The van der Waals surface area contributed by atoms with Crippen molar-refractivity contribution in [3.05, 3.63) is 35.9 Å². The Kier molecular flexibility index (Phi) is 5.76. The highest BCUT2D eigenvalue weighted by molar-refractivity contribution is 8.14. The molecule has 0 fully saturated rings. The van der Waals surface area contributed by atoms with Crippen LogP contribution in [0.15, 0.2) is 44.1 Å². The number of aromatic nitrogens is 2. The molecule has 1 aliphatic rings. The van der Waals surface area contributed by atoms with E-state index in [1.54, 1.807) is 34.9 Å². The van der Waals surface area contributed by atoms with Crippen molar-refractivity contribution in [3.8, 4) is 0 Å². The number of nitrogens with zero attached hydrogens (tertiary/aromatic N) is 3. The van der Waals surface area contributed by atoms with Crippen molar-refractivity contribution in [2.45, 2.75) is 14.4 Å². The summed E-state index contributed by atoms with van der Waals surface area (Å²) in [5, 5.41) is 12.3. The van der Waals surface area contributed by atoms with Gasteiger partial charge in [0.25, 0.3) is 5.24 Å². The molecule has 1 N–H and O–H groups in total. The molecule has 114 valence electrons. The van der Waals surface area contributed by atoms with E-state index in [1.165, 1.54) is 17.3 Å². The van der Waals surface area contributed by atoms with Gasteiger partial charge in [0.2, 0.25) is 0 Å². The first kappa shape index (κ1) is 15.9. The fraction of sp³-hybridized carbons (Fsp3) is 0.231. The summed E-state index contributed by atoms with van der Waals surface area (Å²) >= 11 is 6.14. The first-order chi connectivity index (χ1) is 10.8. The van der Waals surface area contributed by atoms with Crippen molar-refractivity contribution in [1.29, 1.82) is 0 Å². The van der Waals surface area contributed by atoms with Crippen LogP contribution in [0.5, 0.6) is 0 Å². The van der Waals surface area contributed by atoms with E-state index in [4.69, 9.17) is 0 Å². The topological polar surface area (TPSA) is 67.2 Å². The predicted molar refractivity (Wildman–Crippen MR) is 95.1 cm³/mol. The van der Waals surface area contributed by atoms with Crippen molar-refractivity contribution < 1.29 is 4.79 Å². The van der Waals surface area contributed by atoms with Crippen LogP contribution in [0.2, 0.25) is 0 Å². The van der Waals surface area contributed by atoms with Gasteiger partial charge in [-0.25, -0.2) is 5.43 Å². The molecular weight excluding hydrogens is 356 g/mol. The Balaban J connectivity index is 1.48. The van der Waals surface area contributed by atoms with Crippen LogP contribution in [-0.4, -0.2) is 32.7 Å². The molecule has 0 aliphatic carbocycles. The molecule has 2 aromatic rings. The van der Waals surface area contributed by atoms with E-state index in [2.05, 4.69) is 32.9 Å². The average molecular weight is 369 g/mol. The lowest BCUT2D eigenvalue weighted by Crippen LogP contribution is -2.24. The third-order valence-electron chi connectivity index (χ3n) is 2.63. The molecule has 1 aromatic carbocycles. The minimum atomic E-state index is -0.0933. The number of carbonyl (C=O) groups is 1. The highest BCUT2D eigenvalue weighted by Crippen LogP contribution is 2.31. The highest BCUT2D eigenvalue weighted by atomic mass is 32.2. The lowest BCUT2D eigenvalue weighted by molar-refractivity contribution is 0.261. The molecule has 0 bridgehead atoms. The summed E-state index contributed by atoms with van der Waals surface area (Å²) in [5.41, 5.74) is 4.71. The van der Waals surface area contributed by atoms with Crippen LogP contribution in [0, 0.1) is 0 Å². The Bertz CT molecular complexity index is 674. The van der Waals surface area contributed by atoms with Crippen LogP contribution in [0.25, 0.3) is 0 Å². The second-order valence-electron chi connectivity index (χ2n) is 4.26. The third kappa shape index (κ3) is 4.73. The van der Waals surface area contributed by atoms with Crippen LogP contribution < -0.4 is 5.43 Å². The van der Waals surface area contributed by atoms with Gasteiger partial charge in [-0.05, 0) is 5.56 Å². The minimum Gasteiger partial charge on any atom is -0.260 e. The minimum absolute atomic E-state index is 0.0933. The van der Waals surface area contributed by atoms with E-state index in [0.29, 0.717) is 5.75 Å². The SMILES string of the molecule is O=C1NN=C(CSc2nnc(SCc3ccccc3)s2)CS1. The summed E-state index contributed by atoms with van der Waals surface area (Å²) in [6, 6.07) is 10.3. The molecule has 1 aromatic heterocycles. The number of benzene rings is 1. The largest absolute Gasteiger partial charge is 0.299 e. The molecular formula is C13H12N4OS4. The molecule has 0 atom stereocenters. The summed E-state index contributed by atoms with van der Waals surface area (Å²) in [6.45, 7) is 0. The van der Waals surface area contributed by atoms with E-state index >= 15 is 0 Å². The van der Waals surface area contributed by atoms with Gasteiger partial charge in [0.15, 0.2) is 8.68 Å². The lowest BCUT2D eigenvalue weighted by Gasteiger charge is -2.09. The number of carbonyl (C=O) groups excluding carboxylic acids is 1. The summed E-state index contributed by atoms with van der Waals surface area (Å²) in [6.07, 6.45) is 0. The highest BCUT2D eigenvalue weighted by Gasteiger charge is 2.13. The Morgan fingerprint density at radius 2 is 1.82 bits per heavy atom. The van der Waals surface area contributed by atoms with Crippen molar-refractivity contribution >= 4 is 57.6 Å². The number of hydrazone groups is 1. The maximum absolute atomic E-state index is 11.0. The van der Waals surface area contributed by atoms with Gasteiger partial charge in [-0.1, -0.05) is 77.0 Å². The maximum Gasteiger partial charge on any atom is 0.299 e. The van der Waals surface area contributed by atoms with Gasteiger partial charge in [0, 0.05) is 17.3 Å². The van der Waals surface area contributed by atoms with Gasteiger partial charge in [-0.2, -0.15) is 5.10 Å². The fourth-order valence-corrected chi connectivity index (χ4v) is 5.20. The number of hydrogen-bond acceptors (Lipinski definition) is 8. The maximum atomic E-state index is 11.0. The van der Waals surface area contributed by atoms with E-state index in [9.17, 15) is 4.79 Å². The summed E-state index contributed by atoms with van der Waals surface area (Å²) < 4.78 is 1.90. The number of hydrogen-bond donors (Lipinski definition) is 1. The van der Waals surface area contributed by atoms with E-state index in [1.807, 2.05) is 18.2 Å². The van der Waals surface area contributed by atoms with Gasteiger partial charge in [-0.15, -0.1) is 10.2 Å². The first-order valence-electron chi connectivity index (χ1n) is 6.41. The summed E-state index contributed by atoms with van der Waals surface area (Å²) in [5.74, 6) is 2.27. The van der Waals surface area contributed by atoms with Gasteiger partial charge in [0.05, 0.1) is 5.71 Å². The zero-order chi connectivity index (χ0) is 15.2. The lowest BCUT2D eigenvalue weighted by atomic mass is 10.2. The van der Waals surface area contributed by atoms with Gasteiger partial charge in [0.1, 0.15) is 0 Å². The number of amides is 1. The quantitative estimate of drug-likeness (QED) is 0.784. The van der Waals surface area contributed by atoms with Crippen LogP contribution in [0.3, 0.4) is 0 Å². The zero-order valence-electron chi connectivity index (χ0n) is 11.4. The molecule has 5 nitrogen and oxygen atoms in total. The normalized spacial score (nSPS) is 14.5. The Labute approximate surface area is 144 Å². The van der Waals surface area contributed by atoms with Crippen LogP contribution >= 0.6 is 46.6 Å². The van der Waals surface area contributed by atoms with Gasteiger partial charge >= 0.3 is 0 Å². The number of thioether (sulfide) groups is 3. The molecule has 2 heterocycles. The molecule has 22 heavy (non-hydrogen) atoms. The Hall–Kier alpha value is -1.03. The number of nitrogens with one attached hydrogen (secondary N) is 1. The average Bonchev–Trinajstić information content (AvgIpc) is 3.01. The second kappa shape index (κ2) is 8.00. The first-order valence-corrected chi connectivity index (χ1v) is 10.2. The molecule has 0 radical (unpaired) electrons. The molecule has 1 amide bonds. The third-order valence-corrected chi connectivity index (χ3v) is 6.79. The number of rotatable bonds is 6. The molecule has 9 heteroatoms. The molecule has 3 rings (SSSR count). The van der Waals surface area contributed by atoms with E-state index in [-0.39, 0.29) is 5.24 Å². The van der Waals surface area contributed by atoms with E-state index < -0.39 is 0 Å². The van der Waals surface area contributed by atoms with Gasteiger partial charge < -0.3 is 0 Å². The van der Waals surface area contributed by atoms with Crippen molar-refractivity contribution in [2.24, 2.45) is 5.10 Å². The smallest absolute Gasteiger partial charge is 0.260 e. The molecule has 0 unspecified atom stereocenters. The van der Waals surface area contributed by atoms with Crippen molar-refractivity contribution in [3.63, 3.8) is 0 Å². The monoisotopic (exact) mass is 368 g/mol. The molecule has 0 spiro atoms. The molecule has 0 saturated carbocycles. The van der Waals surface area contributed by atoms with Crippen LogP contribution in [-0.2, 0) is 5.75 Å². The fourth-order valence-electron chi connectivity index (χ4n) is 1.59. The Morgan fingerprint density at radius 1 is 1.09 bits per heavy atom. The van der Waals surface area contributed by atoms with Gasteiger partial charge in [-0.3, -0.25) is 4.79 Å². The van der Waals surface area contributed by atoms with Crippen molar-refractivity contribution in [2.75, 3.05) is 11.5 Å². The van der Waals surface area contributed by atoms with Crippen molar-refractivity contribution in [1.82, 2.24) is 15.6 Å². The summed E-state index contributed by atoms with van der Waals surface area (Å²) in [4.78, 5) is 11.0.